The van der Waals surface area contributed by atoms with Crippen LogP contribution in [0.4, 0.5) is 17.1 Å². The SMILES string of the molecule is CCC(=O)Nc1cccc(NC(=O)c2ccc(S(=O)(=O)Nc3ccccc3OC)cc2)c1C. The second kappa shape index (κ2) is 10.2. The van der Waals surface area contributed by atoms with Gasteiger partial charge < -0.3 is 15.4 Å². The summed E-state index contributed by atoms with van der Waals surface area (Å²) in [4.78, 5) is 24.4. The number of benzene rings is 3. The van der Waals surface area contributed by atoms with Gasteiger partial charge in [-0.3, -0.25) is 14.3 Å². The Morgan fingerprint density at radius 2 is 1.45 bits per heavy atom. The summed E-state index contributed by atoms with van der Waals surface area (Å²) >= 11 is 0. The Hall–Kier alpha value is -3.85. The number of hydrogen-bond acceptors (Lipinski definition) is 5. The minimum Gasteiger partial charge on any atom is -0.495 e. The fraction of sp³-hybridized carbons (Fsp3) is 0.167. The molecule has 3 N–H and O–H groups in total. The van der Waals surface area contributed by atoms with Gasteiger partial charge in [0.05, 0.1) is 17.7 Å². The van der Waals surface area contributed by atoms with Crippen LogP contribution in [0.25, 0.3) is 0 Å². The van der Waals surface area contributed by atoms with E-state index in [1.54, 1.807) is 56.3 Å². The predicted molar refractivity (Wildman–Crippen MR) is 128 cm³/mol. The zero-order valence-electron chi connectivity index (χ0n) is 18.5. The fourth-order valence-corrected chi connectivity index (χ4v) is 4.13. The fourth-order valence-electron chi connectivity index (χ4n) is 3.06. The second-order valence-electron chi connectivity index (χ2n) is 7.16. The van der Waals surface area contributed by atoms with Gasteiger partial charge in [-0.1, -0.05) is 25.1 Å². The summed E-state index contributed by atoms with van der Waals surface area (Å²) < 4.78 is 33.1. The third-order valence-corrected chi connectivity index (χ3v) is 6.34. The third kappa shape index (κ3) is 5.69. The van der Waals surface area contributed by atoms with Crippen molar-refractivity contribution >= 4 is 38.9 Å². The van der Waals surface area contributed by atoms with Gasteiger partial charge in [-0.05, 0) is 61.0 Å². The van der Waals surface area contributed by atoms with Crippen LogP contribution in [0.3, 0.4) is 0 Å². The number of para-hydroxylation sites is 2. The molecule has 33 heavy (non-hydrogen) atoms. The summed E-state index contributed by atoms with van der Waals surface area (Å²) in [7, 11) is -2.42. The lowest BCUT2D eigenvalue weighted by Gasteiger charge is -2.14. The standard InChI is InChI=1S/C24H25N3O5S/c1-4-23(28)25-19-9-7-10-20(16(19)2)26-24(29)17-12-14-18(15-13-17)33(30,31)27-21-8-5-6-11-22(21)32-3/h5-15,27H,4H2,1-3H3,(H,25,28)(H,26,29). The first-order valence-electron chi connectivity index (χ1n) is 10.2. The Morgan fingerprint density at radius 3 is 2.09 bits per heavy atom. The average molecular weight is 468 g/mol. The largest absolute Gasteiger partial charge is 0.495 e. The van der Waals surface area contributed by atoms with E-state index in [1.807, 2.05) is 0 Å². The first-order valence-corrected chi connectivity index (χ1v) is 11.7. The molecule has 3 aromatic carbocycles. The lowest BCUT2D eigenvalue weighted by molar-refractivity contribution is -0.115. The van der Waals surface area contributed by atoms with Gasteiger partial charge in [-0.15, -0.1) is 0 Å². The molecule has 0 atom stereocenters. The highest BCUT2D eigenvalue weighted by Crippen LogP contribution is 2.27. The summed E-state index contributed by atoms with van der Waals surface area (Å²) in [5.74, 6) is -0.136. The minimum atomic E-state index is -3.88. The van der Waals surface area contributed by atoms with Crippen molar-refractivity contribution in [1.29, 1.82) is 0 Å². The van der Waals surface area contributed by atoms with Crippen molar-refractivity contribution in [2.75, 3.05) is 22.5 Å². The second-order valence-corrected chi connectivity index (χ2v) is 8.85. The molecule has 0 heterocycles. The van der Waals surface area contributed by atoms with Crippen LogP contribution in [0.15, 0.2) is 71.6 Å². The molecular weight excluding hydrogens is 442 g/mol. The Morgan fingerprint density at radius 1 is 0.848 bits per heavy atom. The molecule has 9 heteroatoms. The van der Waals surface area contributed by atoms with E-state index in [-0.39, 0.29) is 16.4 Å². The molecule has 0 radical (unpaired) electrons. The molecule has 0 aliphatic carbocycles. The number of hydrogen-bond donors (Lipinski definition) is 3. The number of ether oxygens (including phenoxy) is 1. The predicted octanol–water partition coefficient (Wildman–Crippen LogP) is 4.41. The van der Waals surface area contributed by atoms with E-state index < -0.39 is 15.9 Å². The maximum Gasteiger partial charge on any atom is 0.262 e. The summed E-state index contributed by atoms with van der Waals surface area (Å²) in [6, 6.07) is 17.5. The van der Waals surface area contributed by atoms with Gasteiger partial charge in [-0.25, -0.2) is 8.42 Å². The number of carbonyl (C=O) groups is 2. The summed E-state index contributed by atoms with van der Waals surface area (Å²) in [5, 5.41) is 5.59. The zero-order chi connectivity index (χ0) is 24.0. The van der Waals surface area contributed by atoms with Crippen molar-refractivity contribution in [3.05, 3.63) is 77.9 Å². The Bertz CT molecular complexity index is 1270. The van der Waals surface area contributed by atoms with Gasteiger partial charge in [0.25, 0.3) is 15.9 Å². The monoisotopic (exact) mass is 467 g/mol. The van der Waals surface area contributed by atoms with Crippen molar-refractivity contribution in [3.63, 3.8) is 0 Å². The Balaban J connectivity index is 1.75. The lowest BCUT2D eigenvalue weighted by atomic mass is 10.1. The number of nitrogens with one attached hydrogen (secondary N) is 3. The maximum absolute atomic E-state index is 12.7. The van der Waals surface area contributed by atoms with Gasteiger partial charge in [-0.2, -0.15) is 0 Å². The number of anilines is 3. The maximum atomic E-state index is 12.7. The van der Waals surface area contributed by atoms with Crippen molar-refractivity contribution in [2.45, 2.75) is 25.2 Å². The molecule has 3 aromatic rings. The van der Waals surface area contributed by atoms with E-state index in [0.717, 1.165) is 0 Å². The average Bonchev–Trinajstić information content (AvgIpc) is 2.81. The molecule has 0 saturated carbocycles. The molecule has 0 aliphatic rings. The van der Waals surface area contributed by atoms with E-state index >= 15 is 0 Å². The molecule has 0 spiro atoms. The zero-order valence-corrected chi connectivity index (χ0v) is 19.3. The Labute approximate surface area is 193 Å². The molecule has 0 bridgehead atoms. The van der Waals surface area contributed by atoms with Crippen LogP contribution >= 0.6 is 0 Å². The molecular formula is C24H25N3O5S. The summed E-state index contributed by atoms with van der Waals surface area (Å²) in [6.07, 6.45) is 0.344. The van der Waals surface area contributed by atoms with Crippen LogP contribution in [0.2, 0.25) is 0 Å². The van der Waals surface area contributed by atoms with Gasteiger partial charge in [0, 0.05) is 23.4 Å². The van der Waals surface area contributed by atoms with Gasteiger partial charge in [0.2, 0.25) is 5.91 Å². The van der Waals surface area contributed by atoms with Crippen molar-refractivity contribution in [3.8, 4) is 5.75 Å². The third-order valence-electron chi connectivity index (χ3n) is 4.96. The first-order chi connectivity index (χ1) is 15.7. The summed E-state index contributed by atoms with van der Waals surface area (Å²) in [5.41, 5.74) is 2.47. The van der Waals surface area contributed by atoms with Crippen LogP contribution in [-0.4, -0.2) is 27.3 Å². The number of methoxy groups -OCH3 is 1. The lowest BCUT2D eigenvalue weighted by Crippen LogP contribution is -2.16. The van der Waals surface area contributed by atoms with E-state index in [2.05, 4.69) is 15.4 Å². The highest BCUT2D eigenvalue weighted by molar-refractivity contribution is 7.92. The highest BCUT2D eigenvalue weighted by atomic mass is 32.2. The molecule has 0 saturated heterocycles. The van der Waals surface area contributed by atoms with Crippen LogP contribution in [0.5, 0.6) is 5.75 Å². The van der Waals surface area contributed by atoms with E-state index in [9.17, 15) is 18.0 Å². The smallest absolute Gasteiger partial charge is 0.262 e. The van der Waals surface area contributed by atoms with E-state index in [0.29, 0.717) is 34.8 Å². The molecule has 8 nitrogen and oxygen atoms in total. The molecule has 3 rings (SSSR count). The Kier molecular flexibility index (Phi) is 7.34. The molecule has 0 aromatic heterocycles. The van der Waals surface area contributed by atoms with Gasteiger partial charge in [0.1, 0.15) is 5.75 Å². The van der Waals surface area contributed by atoms with Gasteiger partial charge >= 0.3 is 0 Å². The molecule has 172 valence electrons. The molecule has 0 aliphatic heterocycles. The molecule has 0 fully saturated rings. The molecule has 0 unspecified atom stereocenters. The highest BCUT2D eigenvalue weighted by Gasteiger charge is 2.18. The number of carbonyl (C=O) groups excluding carboxylic acids is 2. The number of rotatable bonds is 8. The van der Waals surface area contributed by atoms with Crippen LogP contribution in [-0.2, 0) is 14.8 Å². The van der Waals surface area contributed by atoms with E-state index in [1.165, 1.54) is 31.4 Å². The first kappa shape index (κ1) is 23.8. The summed E-state index contributed by atoms with van der Waals surface area (Å²) in [6.45, 7) is 3.55. The van der Waals surface area contributed by atoms with Crippen LogP contribution in [0.1, 0.15) is 29.3 Å². The quantitative estimate of drug-likeness (QED) is 0.454. The van der Waals surface area contributed by atoms with Crippen molar-refractivity contribution in [1.82, 2.24) is 0 Å². The van der Waals surface area contributed by atoms with Crippen LogP contribution in [0, 0.1) is 6.92 Å². The normalized spacial score (nSPS) is 10.9. The van der Waals surface area contributed by atoms with E-state index in [4.69, 9.17) is 4.74 Å². The number of amides is 2. The minimum absolute atomic E-state index is 0.00501. The van der Waals surface area contributed by atoms with Crippen LogP contribution < -0.4 is 20.1 Å². The van der Waals surface area contributed by atoms with Crippen molar-refractivity contribution < 1.29 is 22.7 Å². The van der Waals surface area contributed by atoms with Gasteiger partial charge in [0.15, 0.2) is 0 Å². The molecule has 2 amide bonds. The number of sulfonamides is 1. The van der Waals surface area contributed by atoms with Crippen molar-refractivity contribution in [2.24, 2.45) is 0 Å². The topological polar surface area (TPSA) is 114 Å².